The molecule has 0 radical (unpaired) electrons. The van der Waals surface area contributed by atoms with Crippen molar-refractivity contribution in [1.29, 1.82) is 5.26 Å². The van der Waals surface area contributed by atoms with Gasteiger partial charge in [0.1, 0.15) is 0 Å². The van der Waals surface area contributed by atoms with Gasteiger partial charge in [-0.05, 0) is 17.9 Å². The van der Waals surface area contributed by atoms with Crippen molar-refractivity contribution < 1.29 is 13.2 Å². The second-order valence-electron chi connectivity index (χ2n) is 3.21. The lowest BCUT2D eigenvalue weighted by Crippen LogP contribution is -2.06. The van der Waals surface area contributed by atoms with E-state index in [2.05, 4.69) is 0 Å². The summed E-state index contributed by atoms with van der Waals surface area (Å²) >= 11 is 1.38. The SMILES string of the molecule is CSC(CC#N)c1cccc(C(F)(F)F)c1. The Hall–Kier alpha value is -1.15. The van der Waals surface area contributed by atoms with Gasteiger partial charge in [-0.15, -0.1) is 0 Å². The summed E-state index contributed by atoms with van der Waals surface area (Å²) in [7, 11) is 0. The minimum Gasteiger partial charge on any atom is -0.198 e. The first kappa shape index (κ1) is 12.9. The second kappa shape index (κ2) is 5.26. The van der Waals surface area contributed by atoms with Crippen molar-refractivity contribution in [3.05, 3.63) is 35.4 Å². The van der Waals surface area contributed by atoms with E-state index in [1.165, 1.54) is 17.8 Å². The molecule has 0 bridgehead atoms. The summed E-state index contributed by atoms with van der Waals surface area (Å²) in [5, 5.41) is 8.37. The Morgan fingerprint density at radius 2 is 2.12 bits per heavy atom. The second-order valence-corrected chi connectivity index (χ2v) is 4.25. The third-order valence-corrected chi connectivity index (χ3v) is 3.15. The van der Waals surface area contributed by atoms with E-state index in [-0.39, 0.29) is 11.7 Å². The fraction of sp³-hybridized carbons (Fsp3) is 0.364. The molecule has 1 unspecified atom stereocenters. The van der Waals surface area contributed by atoms with E-state index in [0.717, 1.165) is 12.1 Å². The van der Waals surface area contributed by atoms with Gasteiger partial charge in [0, 0.05) is 5.25 Å². The summed E-state index contributed by atoms with van der Waals surface area (Å²) in [6.45, 7) is 0. The highest BCUT2D eigenvalue weighted by Gasteiger charge is 2.30. The fourth-order valence-corrected chi connectivity index (χ4v) is 2.00. The molecule has 1 aromatic rings. The van der Waals surface area contributed by atoms with Crippen LogP contribution >= 0.6 is 11.8 Å². The van der Waals surface area contributed by atoms with Crippen LogP contribution in [0.5, 0.6) is 0 Å². The van der Waals surface area contributed by atoms with Gasteiger partial charge in [0.2, 0.25) is 0 Å². The Labute approximate surface area is 96.3 Å². The van der Waals surface area contributed by atoms with Crippen LogP contribution in [0.1, 0.15) is 22.8 Å². The molecule has 0 amide bonds. The smallest absolute Gasteiger partial charge is 0.198 e. The van der Waals surface area contributed by atoms with Crippen LogP contribution in [0, 0.1) is 11.3 Å². The minimum absolute atomic E-state index is 0.202. The van der Waals surface area contributed by atoms with Crippen molar-refractivity contribution in [2.75, 3.05) is 6.26 Å². The van der Waals surface area contributed by atoms with Gasteiger partial charge in [-0.3, -0.25) is 0 Å². The lowest BCUT2D eigenvalue weighted by atomic mass is 10.1. The minimum atomic E-state index is -4.33. The third-order valence-electron chi connectivity index (χ3n) is 2.15. The largest absolute Gasteiger partial charge is 0.416 e. The number of benzene rings is 1. The van der Waals surface area contributed by atoms with Crippen LogP contribution in [-0.2, 0) is 6.18 Å². The number of rotatable bonds is 3. The number of halogens is 3. The first-order valence-corrected chi connectivity index (χ1v) is 5.84. The molecule has 1 aromatic carbocycles. The molecule has 0 fully saturated rings. The van der Waals surface area contributed by atoms with Gasteiger partial charge in [-0.25, -0.2) is 0 Å². The maximum absolute atomic E-state index is 12.4. The standard InChI is InChI=1S/C11H10F3NS/c1-16-10(5-6-15)8-3-2-4-9(7-8)11(12,13)14/h2-4,7,10H,5H2,1H3. The molecule has 0 spiro atoms. The predicted molar refractivity (Wildman–Crippen MR) is 57.9 cm³/mol. The summed E-state index contributed by atoms with van der Waals surface area (Å²) in [6, 6.07) is 7.11. The summed E-state index contributed by atoms with van der Waals surface area (Å²) in [5.41, 5.74) is -0.120. The van der Waals surface area contributed by atoms with Gasteiger partial charge in [-0.1, -0.05) is 18.2 Å². The summed E-state index contributed by atoms with van der Waals surface area (Å²) in [6.07, 6.45) is -2.34. The van der Waals surface area contributed by atoms with Crippen LogP contribution in [0.3, 0.4) is 0 Å². The number of nitriles is 1. The molecule has 86 valence electrons. The predicted octanol–water partition coefficient (Wildman–Crippen LogP) is 4.02. The molecule has 0 aliphatic heterocycles. The molecule has 0 aromatic heterocycles. The Morgan fingerprint density at radius 3 is 2.62 bits per heavy atom. The number of hydrogen-bond acceptors (Lipinski definition) is 2. The Morgan fingerprint density at radius 1 is 1.44 bits per heavy atom. The zero-order chi connectivity index (χ0) is 12.2. The van der Waals surface area contributed by atoms with Crippen molar-refractivity contribution in [3.63, 3.8) is 0 Å². The van der Waals surface area contributed by atoms with Crippen molar-refractivity contribution in [2.24, 2.45) is 0 Å². The average molecular weight is 245 g/mol. The van der Waals surface area contributed by atoms with Crippen molar-refractivity contribution >= 4 is 11.8 Å². The topological polar surface area (TPSA) is 23.8 Å². The molecule has 1 rings (SSSR count). The van der Waals surface area contributed by atoms with E-state index in [0.29, 0.717) is 5.56 Å². The van der Waals surface area contributed by atoms with Crippen LogP contribution < -0.4 is 0 Å². The molecule has 0 aliphatic carbocycles. The maximum Gasteiger partial charge on any atom is 0.416 e. The quantitative estimate of drug-likeness (QED) is 0.803. The van der Waals surface area contributed by atoms with E-state index in [4.69, 9.17) is 5.26 Å². The van der Waals surface area contributed by atoms with E-state index in [1.807, 2.05) is 6.07 Å². The monoisotopic (exact) mass is 245 g/mol. The van der Waals surface area contributed by atoms with Gasteiger partial charge in [0.25, 0.3) is 0 Å². The van der Waals surface area contributed by atoms with Crippen LogP contribution in [0.25, 0.3) is 0 Å². The molecule has 0 aliphatic rings. The maximum atomic E-state index is 12.4. The zero-order valence-corrected chi connectivity index (χ0v) is 9.40. The average Bonchev–Trinajstić information content (AvgIpc) is 2.25. The molecule has 16 heavy (non-hydrogen) atoms. The third kappa shape index (κ3) is 3.17. The highest BCUT2D eigenvalue weighted by atomic mass is 32.2. The van der Waals surface area contributed by atoms with Gasteiger partial charge in [0.15, 0.2) is 0 Å². The molecule has 5 heteroatoms. The highest BCUT2D eigenvalue weighted by molar-refractivity contribution is 7.98. The number of nitrogens with zero attached hydrogens (tertiary/aromatic N) is 1. The van der Waals surface area contributed by atoms with Crippen LogP contribution in [0.4, 0.5) is 13.2 Å². The Balaban J connectivity index is 3.02. The van der Waals surface area contributed by atoms with Gasteiger partial charge < -0.3 is 0 Å². The fourth-order valence-electron chi connectivity index (χ4n) is 1.34. The molecule has 0 heterocycles. The molecule has 0 saturated carbocycles. The number of alkyl halides is 3. The molecular weight excluding hydrogens is 235 g/mol. The first-order valence-electron chi connectivity index (χ1n) is 4.56. The van der Waals surface area contributed by atoms with E-state index in [9.17, 15) is 13.2 Å². The molecular formula is C11H10F3NS. The number of thioether (sulfide) groups is 1. The van der Waals surface area contributed by atoms with E-state index < -0.39 is 11.7 Å². The van der Waals surface area contributed by atoms with Crippen molar-refractivity contribution in [3.8, 4) is 6.07 Å². The number of hydrogen-bond donors (Lipinski definition) is 0. The summed E-state index contributed by atoms with van der Waals surface area (Å²) < 4.78 is 37.3. The lowest BCUT2D eigenvalue weighted by Gasteiger charge is -2.13. The molecule has 0 saturated heterocycles. The van der Waals surface area contributed by atoms with Gasteiger partial charge in [-0.2, -0.15) is 30.2 Å². The van der Waals surface area contributed by atoms with Gasteiger partial charge >= 0.3 is 6.18 Å². The van der Waals surface area contributed by atoms with Crippen LogP contribution in [0.15, 0.2) is 24.3 Å². The summed E-state index contributed by atoms with van der Waals surface area (Å²) in [5.74, 6) is 0. The normalized spacial score (nSPS) is 13.2. The summed E-state index contributed by atoms with van der Waals surface area (Å²) in [4.78, 5) is 0. The molecule has 1 nitrogen and oxygen atoms in total. The van der Waals surface area contributed by atoms with Crippen LogP contribution in [0.2, 0.25) is 0 Å². The lowest BCUT2D eigenvalue weighted by molar-refractivity contribution is -0.137. The van der Waals surface area contributed by atoms with E-state index >= 15 is 0 Å². The van der Waals surface area contributed by atoms with Crippen molar-refractivity contribution in [2.45, 2.75) is 17.8 Å². The molecule has 1 atom stereocenters. The van der Waals surface area contributed by atoms with Crippen LogP contribution in [-0.4, -0.2) is 6.26 Å². The Kier molecular flexibility index (Phi) is 4.25. The zero-order valence-electron chi connectivity index (χ0n) is 8.58. The Bertz CT molecular complexity index is 395. The highest BCUT2D eigenvalue weighted by Crippen LogP contribution is 2.34. The van der Waals surface area contributed by atoms with E-state index in [1.54, 1.807) is 12.3 Å². The first-order chi connectivity index (χ1) is 7.49. The molecule has 0 N–H and O–H groups in total. The van der Waals surface area contributed by atoms with Gasteiger partial charge in [0.05, 0.1) is 18.1 Å². The van der Waals surface area contributed by atoms with Crippen molar-refractivity contribution in [1.82, 2.24) is 0 Å².